The maximum Gasteiger partial charge on any atom is 0.340 e. The van der Waals surface area contributed by atoms with Gasteiger partial charge >= 0.3 is 12.0 Å². The topological polar surface area (TPSA) is 135 Å². The average Bonchev–Trinajstić information content (AvgIpc) is 2.36. The highest BCUT2D eigenvalue weighted by Gasteiger charge is 2.23. The van der Waals surface area contributed by atoms with Crippen LogP contribution in [0.4, 0.5) is 4.79 Å². The van der Waals surface area contributed by atoms with Crippen LogP contribution in [-0.4, -0.2) is 38.2 Å². The van der Waals surface area contributed by atoms with Crippen LogP contribution in [-0.2, 0) is 11.2 Å². The van der Waals surface area contributed by atoms with Gasteiger partial charge in [-0.25, -0.2) is 19.6 Å². The molecule has 0 aliphatic heterocycles. The van der Waals surface area contributed by atoms with Crippen LogP contribution in [0.1, 0.15) is 35.7 Å². The molecule has 0 saturated carbocycles. The van der Waals surface area contributed by atoms with E-state index in [4.69, 9.17) is 5.73 Å². The maximum absolute atomic E-state index is 11.7. The summed E-state index contributed by atoms with van der Waals surface area (Å²) in [5.41, 5.74) is 5.16. The van der Waals surface area contributed by atoms with Gasteiger partial charge in [0.05, 0.1) is 10.9 Å². The zero-order valence-corrected chi connectivity index (χ0v) is 12.7. The number of carboxylic acids is 1. The first kappa shape index (κ1) is 16.9. The van der Waals surface area contributed by atoms with Crippen LogP contribution in [0.2, 0.25) is 0 Å². The molecule has 3 amide bonds. The predicted octanol–water partition coefficient (Wildman–Crippen LogP) is 0.721. The lowest BCUT2D eigenvalue weighted by atomic mass is 10.2. The van der Waals surface area contributed by atoms with E-state index in [-0.39, 0.29) is 10.6 Å². The van der Waals surface area contributed by atoms with Crippen molar-refractivity contribution >= 4 is 29.7 Å². The molecule has 0 aliphatic carbocycles. The summed E-state index contributed by atoms with van der Waals surface area (Å²) in [7, 11) is 0. The van der Waals surface area contributed by atoms with Gasteiger partial charge in [-0.2, -0.15) is 0 Å². The number of carbonyl (C=O) groups excluding carboxylic acids is 2. The van der Waals surface area contributed by atoms with Crippen LogP contribution in [0.3, 0.4) is 0 Å². The van der Waals surface area contributed by atoms with Gasteiger partial charge in [0.1, 0.15) is 16.4 Å². The number of amides is 3. The second-order valence-corrected chi connectivity index (χ2v) is 5.51. The zero-order chi connectivity index (χ0) is 16.2. The van der Waals surface area contributed by atoms with Crippen molar-refractivity contribution in [3.05, 3.63) is 17.1 Å². The molecule has 0 aromatic carbocycles. The number of nitrogens with zero attached hydrogens (tertiary/aromatic N) is 2. The molecule has 8 nitrogen and oxygen atoms in total. The summed E-state index contributed by atoms with van der Waals surface area (Å²) in [6, 6.07) is -0.959. The van der Waals surface area contributed by atoms with Crippen LogP contribution < -0.4 is 11.1 Å². The van der Waals surface area contributed by atoms with Gasteiger partial charge in [0, 0.05) is 6.42 Å². The van der Waals surface area contributed by atoms with E-state index in [1.54, 1.807) is 6.92 Å². The number of rotatable bonds is 5. The first-order valence-electron chi connectivity index (χ1n) is 6.14. The summed E-state index contributed by atoms with van der Waals surface area (Å²) in [6.07, 6.45) is 0.538. The molecule has 0 fully saturated rings. The molecule has 1 aromatic heterocycles. The van der Waals surface area contributed by atoms with Crippen LogP contribution in [0, 0.1) is 6.92 Å². The molecule has 1 rings (SSSR count). The summed E-state index contributed by atoms with van der Waals surface area (Å²) >= 11 is 0.941. The Hall–Kier alpha value is -2.16. The van der Waals surface area contributed by atoms with Gasteiger partial charge in [-0.15, -0.1) is 0 Å². The Morgan fingerprint density at radius 3 is 2.48 bits per heavy atom. The molecule has 1 aromatic rings. The standard InChI is InChI=1S/C12H16N4O4S/c1-4-7-14-5(2)8(11(18)19)10(15-7)21-6(3)9(17)16-12(13)20/h6H,4H2,1-3H3,(H,18,19)(H3,13,16,17,20). The number of thioether (sulfide) groups is 1. The zero-order valence-electron chi connectivity index (χ0n) is 11.8. The quantitative estimate of drug-likeness (QED) is 0.538. The van der Waals surface area contributed by atoms with Crippen molar-refractivity contribution in [3.63, 3.8) is 0 Å². The number of nitrogens with two attached hydrogens (primary N) is 1. The predicted molar refractivity (Wildman–Crippen MR) is 76.2 cm³/mol. The molecule has 1 atom stereocenters. The second kappa shape index (κ2) is 7.02. The number of hydrogen-bond acceptors (Lipinski definition) is 6. The molecule has 0 spiro atoms. The van der Waals surface area contributed by atoms with E-state index >= 15 is 0 Å². The Labute approximate surface area is 125 Å². The monoisotopic (exact) mass is 312 g/mol. The number of aromatic carboxylic acids is 1. The van der Waals surface area contributed by atoms with Crippen LogP contribution in [0.25, 0.3) is 0 Å². The molecule has 0 saturated heterocycles. The molecular formula is C12H16N4O4S. The molecule has 0 aliphatic rings. The van der Waals surface area contributed by atoms with Crippen molar-refractivity contribution in [2.45, 2.75) is 37.5 Å². The molecule has 9 heteroatoms. The average molecular weight is 312 g/mol. The normalized spacial score (nSPS) is 11.8. The molecule has 0 bridgehead atoms. The molecule has 21 heavy (non-hydrogen) atoms. The largest absolute Gasteiger partial charge is 0.478 e. The maximum atomic E-state index is 11.7. The van der Waals surface area contributed by atoms with Crippen LogP contribution in [0.5, 0.6) is 0 Å². The minimum Gasteiger partial charge on any atom is -0.478 e. The lowest BCUT2D eigenvalue weighted by Crippen LogP contribution is -2.39. The van der Waals surface area contributed by atoms with Crippen molar-refractivity contribution in [1.82, 2.24) is 15.3 Å². The Kier molecular flexibility index (Phi) is 5.65. The third-order valence-electron chi connectivity index (χ3n) is 2.54. The first-order valence-corrected chi connectivity index (χ1v) is 7.02. The fraction of sp³-hybridized carbons (Fsp3) is 0.417. The minimum atomic E-state index is -1.17. The van der Waals surface area contributed by atoms with E-state index in [2.05, 4.69) is 9.97 Å². The summed E-state index contributed by atoms with van der Waals surface area (Å²) in [5, 5.41) is 10.6. The SMILES string of the molecule is CCc1nc(C)c(C(=O)O)c(SC(C)C(=O)NC(N)=O)n1. The van der Waals surface area contributed by atoms with Crippen molar-refractivity contribution < 1.29 is 19.5 Å². The van der Waals surface area contributed by atoms with Gasteiger partial charge in [-0.05, 0) is 13.8 Å². The third-order valence-corrected chi connectivity index (χ3v) is 3.62. The van der Waals surface area contributed by atoms with E-state index in [1.165, 1.54) is 6.92 Å². The number of primary amides is 1. The van der Waals surface area contributed by atoms with Gasteiger partial charge in [0.25, 0.3) is 0 Å². The highest BCUT2D eigenvalue weighted by molar-refractivity contribution is 8.00. The lowest BCUT2D eigenvalue weighted by Gasteiger charge is -2.13. The molecule has 114 valence electrons. The molecule has 1 heterocycles. The number of imide groups is 1. The van der Waals surface area contributed by atoms with Gasteiger partial charge in [0.2, 0.25) is 5.91 Å². The van der Waals surface area contributed by atoms with E-state index in [9.17, 15) is 19.5 Å². The summed E-state index contributed by atoms with van der Waals surface area (Å²) < 4.78 is 0. The summed E-state index contributed by atoms with van der Waals surface area (Å²) in [4.78, 5) is 41.9. The van der Waals surface area contributed by atoms with Gasteiger partial charge < -0.3 is 10.8 Å². The fourth-order valence-electron chi connectivity index (χ4n) is 1.54. The van der Waals surface area contributed by atoms with Crippen molar-refractivity contribution in [2.75, 3.05) is 0 Å². The number of aryl methyl sites for hydroxylation is 2. The lowest BCUT2D eigenvalue weighted by molar-refractivity contribution is -0.119. The van der Waals surface area contributed by atoms with Crippen LogP contribution >= 0.6 is 11.8 Å². The number of carbonyl (C=O) groups is 3. The van der Waals surface area contributed by atoms with E-state index in [1.807, 2.05) is 12.2 Å². The Bertz CT molecular complexity index is 591. The van der Waals surface area contributed by atoms with Crippen LogP contribution in [0.15, 0.2) is 5.03 Å². The van der Waals surface area contributed by atoms with Crippen molar-refractivity contribution in [1.29, 1.82) is 0 Å². The Morgan fingerprint density at radius 2 is 2.00 bits per heavy atom. The molecule has 4 N–H and O–H groups in total. The number of urea groups is 1. The van der Waals surface area contributed by atoms with E-state index < -0.39 is 23.2 Å². The number of hydrogen-bond donors (Lipinski definition) is 3. The molecule has 0 radical (unpaired) electrons. The number of carboxylic acid groups (broad SMARTS) is 1. The van der Waals surface area contributed by atoms with E-state index in [0.29, 0.717) is 17.9 Å². The molecular weight excluding hydrogens is 296 g/mol. The Morgan fingerprint density at radius 1 is 1.38 bits per heavy atom. The highest BCUT2D eigenvalue weighted by Crippen LogP contribution is 2.27. The highest BCUT2D eigenvalue weighted by atomic mass is 32.2. The Balaban J connectivity index is 3.11. The smallest absolute Gasteiger partial charge is 0.340 e. The van der Waals surface area contributed by atoms with E-state index in [0.717, 1.165) is 11.8 Å². The first-order chi connectivity index (χ1) is 9.76. The summed E-state index contributed by atoms with van der Waals surface area (Å²) in [6.45, 7) is 4.94. The van der Waals surface area contributed by atoms with Gasteiger partial charge in [-0.3, -0.25) is 10.1 Å². The fourth-order valence-corrected chi connectivity index (χ4v) is 2.55. The van der Waals surface area contributed by atoms with Crippen molar-refractivity contribution in [2.24, 2.45) is 5.73 Å². The molecule has 1 unspecified atom stereocenters. The minimum absolute atomic E-state index is 0.0454. The number of aromatic nitrogens is 2. The number of nitrogens with one attached hydrogen (secondary N) is 1. The summed E-state index contributed by atoms with van der Waals surface area (Å²) in [5.74, 6) is -1.29. The second-order valence-electron chi connectivity index (χ2n) is 4.18. The van der Waals surface area contributed by atoms with Gasteiger partial charge in [-0.1, -0.05) is 18.7 Å². The third kappa shape index (κ3) is 4.42. The van der Waals surface area contributed by atoms with Gasteiger partial charge in [0.15, 0.2) is 0 Å². The van der Waals surface area contributed by atoms with Crippen molar-refractivity contribution in [3.8, 4) is 0 Å².